The van der Waals surface area contributed by atoms with Crippen molar-refractivity contribution >= 4 is 17.7 Å². The molecule has 1 heterocycles. The zero-order valence-electron chi connectivity index (χ0n) is 9.42. The molecule has 1 aliphatic heterocycles. The summed E-state index contributed by atoms with van der Waals surface area (Å²) >= 11 is 1.11. The number of carbonyl (C=O) groups excluding carboxylic acids is 1. The van der Waals surface area contributed by atoms with Crippen LogP contribution in [0.4, 0.5) is 0 Å². The highest BCUT2D eigenvalue weighted by molar-refractivity contribution is 8.00. The molecule has 1 aliphatic rings. The molecule has 9 heteroatoms. The van der Waals surface area contributed by atoms with E-state index in [2.05, 4.69) is 0 Å². The Labute approximate surface area is 107 Å². The first kappa shape index (κ1) is 15.6. The molecule has 0 aromatic carbocycles. The third kappa shape index (κ3) is 3.54. The predicted octanol–water partition coefficient (Wildman–Crippen LogP) is -5.82. The van der Waals surface area contributed by atoms with Crippen LogP contribution in [-0.2, 0) is 4.79 Å². The Balaban J connectivity index is 2.54. The number of aliphatic carboxylic acids is 1. The summed E-state index contributed by atoms with van der Waals surface area (Å²) in [4.78, 5) is 10.6. The van der Waals surface area contributed by atoms with Gasteiger partial charge in [0.15, 0.2) is 5.37 Å². The summed E-state index contributed by atoms with van der Waals surface area (Å²) in [5.74, 6) is -1.04. The Hall–Kier alpha value is -0.420. The summed E-state index contributed by atoms with van der Waals surface area (Å²) in [6.45, 7) is -0.756. The van der Waals surface area contributed by atoms with Crippen molar-refractivity contribution in [3.8, 4) is 0 Å². The molecule has 1 fully saturated rings. The second-order valence-corrected chi connectivity index (χ2v) is 5.35. The molecule has 0 radical (unpaired) electrons. The van der Waals surface area contributed by atoms with Crippen LogP contribution in [0.5, 0.6) is 0 Å². The Kier molecular flexibility index (Phi) is 5.79. The average Bonchev–Trinajstić information content (AvgIpc) is 2.84. The number of carboxylic acids is 1. The van der Waals surface area contributed by atoms with E-state index < -0.39 is 48.4 Å². The van der Waals surface area contributed by atoms with Crippen molar-refractivity contribution in [1.82, 2.24) is 0 Å². The number of aliphatic hydroxyl groups excluding tert-OH is 5. The first-order valence-electron chi connectivity index (χ1n) is 5.39. The molecule has 8 nitrogen and oxygen atoms in total. The Morgan fingerprint density at radius 3 is 2.39 bits per heavy atom. The van der Waals surface area contributed by atoms with Gasteiger partial charge in [0, 0.05) is 0 Å². The van der Waals surface area contributed by atoms with Gasteiger partial charge in [-0.3, -0.25) is 0 Å². The monoisotopic (exact) mass is 283 g/mol. The molecular weight excluding hydrogens is 266 g/mol. The van der Waals surface area contributed by atoms with Gasteiger partial charge in [-0.2, -0.15) is 0 Å². The fraction of sp³-hybridized carbons (Fsp3) is 0.889. The summed E-state index contributed by atoms with van der Waals surface area (Å²) in [5.41, 5.74) is 0. The lowest BCUT2D eigenvalue weighted by molar-refractivity contribution is -0.692. The van der Waals surface area contributed by atoms with Crippen LogP contribution >= 0.6 is 11.8 Å². The van der Waals surface area contributed by atoms with Gasteiger partial charge in [-0.25, -0.2) is 0 Å². The molecule has 0 unspecified atom stereocenters. The van der Waals surface area contributed by atoms with Gasteiger partial charge in [0.1, 0.15) is 36.4 Å². The number of hydrogen-bond donors (Lipinski definition) is 6. The van der Waals surface area contributed by atoms with Crippen LogP contribution < -0.4 is 10.4 Å². The third-order valence-corrected chi connectivity index (χ3v) is 4.18. The maximum absolute atomic E-state index is 10.6. The highest BCUT2D eigenvalue weighted by Gasteiger charge is 2.41. The molecule has 106 valence electrons. The van der Waals surface area contributed by atoms with Gasteiger partial charge < -0.3 is 40.8 Å². The first-order valence-corrected chi connectivity index (χ1v) is 6.44. The van der Waals surface area contributed by atoms with E-state index in [1.165, 1.54) is 5.32 Å². The van der Waals surface area contributed by atoms with Crippen molar-refractivity contribution in [2.75, 3.05) is 12.4 Å². The van der Waals surface area contributed by atoms with Gasteiger partial charge in [-0.1, -0.05) is 11.8 Å². The number of thioether (sulfide) groups is 1. The maximum atomic E-state index is 10.6. The number of aliphatic hydroxyl groups is 5. The van der Waals surface area contributed by atoms with Gasteiger partial charge in [0.2, 0.25) is 0 Å². The number of rotatable bonds is 6. The van der Waals surface area contributed by atoms with Gasteiger partial charge in [0.05, 0.1) is 12.4 Å². The molecular formula is C9H17NO7S. The highest BCUT2D eigenvalue weighted by Crippen LogP contribution is 2.19. The molecule has 1 saturated heterocycles. The van der Waals surface area contributed by atoms with Gasteiger partial charge in [-0.05, 0) is 0 Å². The van der Waals surface area contributed by atoms with Crippen LogP contribution in [0.1, 0.15) is 0 Å². The summed E-state index contributed by atoms with van der Waals surface area (Å²) < 4.78 is 0. The molecule has 0 amide bonds. The summed E-state index contributed by atoms with van der Waals surface area (Å²) in [6.07, 6.45) is -6.39. The number of carboxylic acid groups (broad SMARTS) is 1. The lowest BCUT2D eigenvalue weighted by atomic mass is 10.0. The van der Waals surface area contributed by atoms with Gasteiger partial charge in [-0.15, -0.1) is 0 Å². The number of nitrogens with two attached hydrogens (primary N) is 1. The van der Waals surface area contributed by atoms with E-state index in [4.69, 9.17) is 10.2 Å². The molecule has 18 heavy (non-hydrogen) atoms. The summed E-state index contributed by atoms with van der Waals surface area (Å²) in [7, 11) is 0. The average molecular weight is 283 g/mol. The van der Waals surface area contributed by atoms with Crippen molar-refractivity contribution in [1.29, 1.82) is 0 Å². The van der Waals surface area contributed by atoms with E-state index in [0.29, 0.717) is 0 Å². The molecule has 0 aliphatic carbocycles. The number of hydrogen-bond acceptors (Lipinski definition) is 8. The molecule has 0 spiro atoms. The standard InChI is InChI=1S/C9H17NO7S/c11-1-4(12)5(13)6(14)7(15)8-10-3(2-18-8)9(16)17/h3-8,10-15H,1-2H2,(H,16,17)/t3-,4+,5+,6+,7+,8+/m0/s1. The van der Waals surface area contributed by atoms with Crippen molar-refractivity contribution in [3.63, 3.8) is 0 Å². The Bertz CT molecular complexity index is 292. The Morgan fingerprint density at radius 1 is 1.33 bits per heavy atom. The molecule has 6 atom stereocenters. The van der Waals surface area contributed by atoms with Crippen molar-refractivity contribution < 1.29 is 40.8 Å². The van der Waals surface area contributed by atoms with Crippen molar-refractivity contribution in [2.45, 2.75) is 35.8 Å². The minimum absolute atomic E-state index is 0.218. The quantitative estimate of drug-likeness (QED) is 0.281. The normalized spacial score (nSPS) is 30.7. The van der Waals surface area contributed by atoms with E-state index in [-0.39, 0.29) is 5.75 Å². The maximum Gasteiger partial charge on any atom is 0.162 e. The molecule has 0 saturated carbocycles. The van der Waals surface area contributed by atoms with Gasteiger partial charge in [0.25, 0.3) is 0 Å². The molecule has 7 N–H and O–H groups in total. The zero-order valence-corrected chi connectivity index (χ0v) is 10.2. The van der Waals surface area contributed by atoms with Crippen LogP contribution in [-0.4, -0.2) is 79.7 Å². The predicted molar refractivity (Wildman–Crippen MR) is 58.1 cm³/mol. The minimum atomic E-state index is -1.71. The van der Waals surface area contributed by atoms with Gasteiger partial charge >= 0.3 is 0 Å². The summed E-state index contributed by atoms with van der Waals surface area (Å²) in [5, 5.41) is 57.8. The number of carbonyl (C=O) groups is 1. The van der Waals surface area contributed by atoms with Crippen LogP contribution in [0.25, 0.3) is 0 Å². The van der Waals surface area contributed by atoms with Crippen molar-refractivity contribution in [3.05, 3.63) is 0 Å². The van der Waals surface area contributed by atoms with E-state index in [0.717, 1.165) is 11.8 Å². The second-order valence-electron chi connectivity index (χ2n) is 4.14. The lowest BCUT2D eigenvalue weighted by Gasteiger charge is -2.27. The van der Waals surface area contributed by atoms with Crippen molar-refractivity contribution in [2.24, 2.45) is 0 Å². The molecule has 0 aromatic rings. The van der Waals surface area contributed by atoms with Crippen LogP contribution in [0.3, 0.4) is 0 Å². The largest absolute Gasteiger partial charge is 0.544 e. The first-order chi connectivity index (χ1) is 8.38. The van der Waals surface area contributed by atoms with E-state index >= 15 is 0 Å². The fourth-order valence-corrected chi connectivity index (χ4v) is 2.98. The fourth-order valence-electron chi connectivity index (χ4n) is 1.65. The topological polar surface area (TPSA) is 158 Å². The second kappa shape index (κ2) is 6.66. The smallest absolute Gasteiger partial charge is 0.162 e. The SMILES string of the molecule is O=C([O-])[C@@H]1CS[C@H]([C@H](O)[C@H](O)[C@H](O)[C@H](O)CO)[NH2+]1. The molecule has 0 bridgehead atoms. The van der Waals surface area contributed by atoms with Crippen LogP contribution in [0.15, 0.2) is 0 Å². The minimum Gasteiger partial charge on any atom is -0.544 e. The third-order valence-electron chi connectivity index (χ3n) is 2.81. The van der Waals surface area contributed by atoms with Crippen LogP contribution in [0, 0.1) is 0 Å². The van der Waals surface area contributed by atoms with E-state index in [1.54, 1.807) is 0 Å². The number of quaternary nitrogens is 1. The van der Waals surface area contributed by atoms with Crippen LogP contribution in [0.2, 0.25) is 0 Å². The zero-order chi connectivity index (χ0) is 13.9. The molecule has 0 aromatic heterocycles. The van der Waals surface area contributed by atoms with E-state index in [1.807, 2.05) is 0 Å². The van der Waals surface area contributed by atoms with E-state index in [9.17, 15) is 25.2 Å². The molecule has 1 rings (SSSR count). The summed E-state index contributed by atoms with van der Waals surface area (Å²) in [6, 6.07) is -0.818. The Morgan fingerprint density at radius 2 is 1.94 bits per heavy atom. The lowest BCUT2D eigenvalue weighted by Crippen LogP contribution is -2.96. The highest BCUT2D eigenvalue weighted by atomic mass is 32.2.